The van der Waals surface area contributed by atoms with Crippen molar-refractivity contribution in [2.24, 2.45) is 0 Å². The van der Waals surface area contributed by atoms with E-state index >= 15 is 0 Å². The Hall–Kier alpha value is -2.30. The Balaban J connectivity index is 2.43. The number of amides is 1. The Morgan fingerprint density at radius 3 is 2.67 bits per heavy atom. The molecule has 5 heteroatoms. The van der Waals surface area contributed by atoms with Crippen LogP contribution in [0.15, 0.2) is 30.9 Å². The summed E-state index contributed by atoms with van der Waals surface area (Å²) < 4.78 is 10.8. The van der Waals surface area contributed by atoms with Gasteiger partial charge in [0.1, 0.15) is 0 Å². The van der Waals surface area contributed by atoms with Gasteiger partial charge in [0.2, 0.25) is 5.91 Å². The fraction of sp³-hybridized carbons (Fsp3) is 0.375. The molecule has 0 aliphatic heterocycles. The quantitative estimate of drug-likeness (QED) is 0.431. The molecule has 0 aromatic heterocycles. The Kier molecular flexibility index (Phi) is 7.01. The summed E-state index contributed by atoms with van der Waals surface area (Å²) in [6, 6.07) is 5.11. The number of hydrogen-bond donors (Lipinski definition) is 1. The third-order valence-electron chi connectivity index (χ3n) is 2.88. The van der Waals surface area contributed by atoms with Gasteiger partial charge >= 0.3 is 0 Å². The van der Waals surface area contributed by atoms with Crippen molar-refractivity contribution in [2.75, 3.05) is 20.3 Å². The van der Waals surface area contributed by atoms with Gasteiger partial charge in [0.05, 0.1) is 13.7 Å². The van der Waals surface area contributed by atoms with Gasteiger partial charge in [-0.1, -0.05) is 6.58 Å². The van der Waals surface area contributed by atoms with Crippen LogP contribution >= 0.6 is 0 Å². The molecule has 5 nitrogen and oxygen atoms in total. The van der Waals surface area contributed by atoms with Crippen LogP contribution in [-0.4, -0.2) is 32.0 Å². The van der Waals surface area contributed by atoms with Gasteiger partial charge in [-0.15, -0.1) is 0 Å². The van der Waals surface area contributed by atoms with Gasteiger partial charge in [0.15, 0.2) is 17.3 Å². The summed E-state index contributed by atoms with van der Waals surface area (Å²) in [6.07, 6.45) is 2.83. The van der Waals surface area contributed by atoms with Crippen LogP contribution in [0, 0.1) is 0 Å². The maximum atomic E-state index is 11.4. The standard InChI is InChI=1S/C16H21NO4/c1-4-16(19)17-9-5-6-10-21-15-11-13(12(2)18)7-8-14(15)20-3/h4,7-8,11H,1,5-6,9-10H2,2-3H3,(H,17,19). The van der Waals surface area contributed by atoms with Crippen LogP contribution in [0.2, 0.25) is 0 Å². The summed E-state index contributed by atoms with van der Waals surface area (Å²) in [4.78, 5) is 22.3. The highest BCUT2D eigenvalue weighted by Crippen LogP contribution is 2.28. The van der Waals surface area contributed by atoms with E-state index in [0.717, 1.165) is 12.8 Å². The molecule has 0 aliphatic carbocycles. The minimum Gasteiger partial charge on any atom is -0.493 e. The van der Waals surface area contributed by atoms with E-state index in [-0.39, 0.29) is 11.7 Å². The maximum absolute atomic E-state index is 11.4. The first-order valence-electron chi connectivity index (χ1n) is 6.80. The summed E-state index contributed by atoms with van der Waals surface area (Å²) in [6.45, 7) is 5.96. The van der Waals surface area contributed by atoms with Crippen LogP contribution in [0.3, 0.4) is 0 Å². The van der Waals surface area contributed by atoms with Crippen LogP contribution in [-0.2, 0) is 4.79 Å². The minimum absolute atomic E-state index is 0.0189. The number of ketones is 1. The molecule has 0 saturated carbocycles. The predicted octanol–water partition coefficient (Wildman–Crippen LogP) is 2.36. The molecule has 0 fully saturated rings. The van der Waals surface area contributed by atoms with Crippen molar-refractivity contribution in [3.63, 3.8) is 0 Å². The lowest BCUT2D eigenvalue weighted by molar-refractivity contribution is -0.116. The first-order valence-corrected chi connectivity index (χ1v) is 6.80. The predicted molar refractivity (Wildman–Crippen MR) is 80.9 cm³/mol. The highest BCUT2D eigenvalue weighted by atomic mass is 16.5. The molecule has 1 amide bonds. The maximum Gasteiger partial charge on any atom is 0.243 e. The molecule has 0 aliphatic rings. The van der Waals surface area contributed by atoms with Crippen molar-refractivity contribution in [1.29, 1.82) is 0 Å². The smallest absolute Gasteiger partial charge is 0.243 e. The molecule has 1 rings (SSSR count). The average Bonchev–Trinajstić information content (AvgIpc) is 2.49. The average molecular weight is 291 g/mol. The van der Waals surface area contributed by atoms with Gasteiger partial charge in [-0.05, 0) is 44.0 Å². The van der Waals surface area contributed by atoms with Crippen LogP contribution < -0.4 is 14.8 Å². The number of Topliss-reactive ketones (excluding diaryl/α,β-unsaturated/α-hetero) is 1. The molecule has 1 aromatic carbocycles. The molecular weight excluding hydrogens is 270 g/mol. The minimum atomic E-state index is -0.174. The molecule has 0 saturated heterocycles. The largest absolute Gasteiger partial charge is 0.493 e. The van der Waals surface area contributed by atoms with E-state index in [1.807, 2.05) is 0 Å². The Morgan fingerprint density at radius 1 is 1.29 bits per heavy atom. The van der Waals surface area contributed by atoms with Gasteiger partial charge in [0, 0.05) is 12.1 Å². The number of unbranched alkanes of at least 4 members (excludes halogenated alkanes) is 1. The number of carbonyl (C=O) groups is 2. The van der Waals surface area contributed by atoms with Crippen molar-refractivity contribution in [2.45, 2.75) is 19.8 Å². The molecule has 21 heavy (non-hydrogen) atoms. The van der Waals surface area contributed by atoms with E-state index in [1.54, 1.807) is 25.3 Å². The Labute approximate surface area is 124 Å². The Morgan fingerprint density at radius 2 is 2.05 bits per heavy atom. The van der Waals surface area contributed by atoms with Crippen molar-refractivity contribution in [3.8, 4) is 11.5 Å². The first-order chi connectivity index (χ1) is 10.1. The second-order valence-corrected chi connectivity index (χ2v) is 4.47. The molecule has 0 bridgehead atoms. The van der Waals surface area contributed by atoms with E-state index in [4.69, 9.17) is 9.47 Å². The molecule has 0 atom stereocenters. The van der Waals surface area contributed by atoms with Crippen molar-refractivity contribution >= 4 is 11.7 Å². The van der Waals surface area contributed by atoms with Gasteiger partial charge in [-0.25, -0.2) is 0 Å². The number of hydrogen-bond acceptors (Lipinski definition) is 4. The molecule has 0 heterocycles. The lowest BCUT2D eigenvalue weighted by Crippen LogP contribution is -2.22. The summed E-state index contributed by atoms with van der Waals surface area (Å²) in [5.74, 6) is 0.960. The summed E-state index contributed by atoms with van der Waals surface area (Å²) in [5.41, 5.74) is 0.587. The number of carbonyl (C=O) groups excluding carboxylic acids is 2. The van der Waals surface area contributed by atoms with E-state index in [9.17, 15) is 9.59 Å². The number of nitrogens with one attached hydrogen (secondary N) is 1. The summed E-state index contributed by atoms with van der Waals surface area (Å²) in [7, 11) is 1.56. The number of rotatable bonds is 9. The fourth-order valence-electron chi connectivity index (χ4n) is 1.70. The second-order valence-electron chi connectivity index (χ2n) is 4.47. The zero-order valence-electron chi connectivity index (χ0n) is 12.5. The second kappa shape index (κ2) is 8.79. The summed E-state index contributed by atoms with van der Waals surface area (Å²) >= 11 is 0. The molecule has 1 aromatic rings. The molecule has 1 N–H and O–H groups in total. The van der Waals surface area contributed by atoms with Crippen LogP contribution in [0.25, 0.3) is 0 Å². The van der Waals surface area contributed by atoms with Gasteiger partial charge in [-0.2, -0.15) is 0 Å². The monoisotopic (exact) mass is 291 g/mol. The van der Waals surface area contributed by atoms with E-state index < -0.39 is 0 Å². The third-order valence-corrected chi connectivity index (χ3v) is 2.88. The summed E-state index contributed by atoms with van der Waals surface area (Å²) in [5, 5.41) is 2.70. The van der Waals surface area contributed by atoms with E-state index in [2.05, 4.69) is 11.9 Å². The third kappa shape index (κ3) is 5.69. The van der Waals surface area contributed by atoms with Crippen LogP contribution in [0.1, 0.15) is 30.1 Å². The van der Waals surface area contributed by atoms with Crippen molar-refractivity contribution in [1.82, 2.24) is 5.32 Å². The highest BCUT2D eigenvalue weighted by Gasteiger charge is 2.08. The van der Waals surface area contributed by atoms with Crippen molar-refractivity contribution < 1.29 is 19.1 Å². The van der Waals surface area contributed by atoms with E-state index in [1.165, 1.54) is 13.0 Å². The first kappa shape index (κ1) is 16.8. The molecule has 0 unspecified atom stereocenters. The number of benzene rings is 1. The highest BCUT2D eigenvalue weighted by molar-refractivity contribution is 5.94. The SMILES string of the molecule is C=CC(=O)NCCCCOc1cc(C(C)=O)ccc1OC. The zero-order valence-corrected chi connectivity index (χ0v) is 12.5. The Bertz CT molecular complexity index is 511. The number of ether oxygens (including phenoxy) is 2. The molecule has 114 valence electrons. The van der Waals surface area contributed by atoms with Gasteiger partial charge in [-0.3, -0.25) is 9.59 Å². The lowest BCUT2D eigenvalue weighted by Gasteiger charge is -2.11. The molecule has 0 spiro atoms. The topological polar surface area (TPSA) is 64.6 Å². The van der Waals surface area contributed by atoms with Crippen LogP contribution in [0.5, 0.6) is 11.5 Å². The normalized spacial score (nSPS) is 9.81. The van der Waals surface area contributed by atoms with Crippen molar-refractivity contribution in [3.05, 3.63) is 36.4 Å². The molecular formula is C16H21NO4. The van der Waals surface area contributed by atoms with Crippen LogP contribution in [0.4, 0.5) is 0 Å². The number of methoxy groups -OCH3 is 1. The fourth-order valence-corrected chi connectivity index (χ4v) is 1.70. The van der Waals surface area contributed by atoms with Gasteiger partial charge < -0.3 is 14.8 Å². The van der Waals surface area contributed by atoms with E-state index in [0.29, 0.717) is 30.2 Å². The lowest BCUT2D eigenvalue weighted by atomic mass is 10.1. The zero-order chi connectivity index (χ0) is 15.7. The van der Waals surface area contributed by atoms with Gasteiger partial charge in [0.25, 0.3) is 0 Å². The molecule has 0 radical (unpaired) electrons.